The van der Waals surface area contributed by atoms with Gasteiger partial charge in [0.25, 0.3) is 5.91 Å². The molecular formula is C27H34N3O2+. The fourth-order valence-corrected chi connectivity index (χ4v) is 4.64. The molecule has 1 aromatic heterocycles. The van der Waals surface area contributed by atoms with Gasteiger partial charge in [-0.3, -0.25) is 4.79 Å². The molecule has 2 heterocycles. The molecule has 1 saturated heterocycles. The topological polar surface area (TPSA) is 55.7 Å². The van der Waals surface area contributed by atoms with E-state index in [9.17, 15) is 4.79 Å². The summed E-state index contributed by atoms with van der Waals surface area (Å²) < 4.78 is 5.55. The first kappa shape index (κ1) is 22.3. The van der Waals surface area contributed by atoms with Crippen LogP contribution in [-0.4, -0.2) is 43.2 Å². The molecule has 2 aromatic carbocycles. The van der Waals surface area contributed by atoms with Crippen molar-refractivity contribution >= 4 is 16.8 Å². The quantitative estimate of drug-likeness (QED) is 0.531. The third-order valence-electron chi connectivity index (χ3n) is 6.46. The van der Waals surface area contributed by atoms with Crippen molar-refractivity contribution in [2.75, 3.05) is 26.2 Å². The van der Waals surface area contributed by atoms with Crippen molar-refractivity contribution in [3.05, 3.63) is 60.2 Å². The Labute approximate surface area is 190 Å². The summed E-state index contributed by atoms with van der Waals surface area (Å²) in [6.07, 6.45) is 5.00. The maximum Gasteiger partial charge on any atom is 0.252 e. The molecule has 2 atom stereocenters. The number of para-hydroxylation sites is 1. The van der Waals surface area contributed by atoms with Crippen LogP contribution in [0.1, 0.15) is 49.9 Å². The molecule has 0 radical (unpaired) electrons. The monoisotopic (exact) mass is 432 g/mol. The summed E-state index contributed by atoms with van der Waals surface area (Å²) in [7, 11) is 0. The highest BCUT2D eigenvalue weighted by molar-refractivity contribution is 6.07. The molecule has 2 N–H and O–H groups in total. The Morgan fingerprint density at radius 1 is 1.16 bits per heavy atom. The molecular weight excluding hydrogens is 398 g/mol. The summed E-state index contributed by atoms with van der Waals surface area (Å²) >= 11 is 0. The summed E-state index contributed by atoms with van der Waals surface area (Å²) in [6, 6.07) is 18.4. The van der Waals surface area contributed by atoms with Gasteiger partial charge in [0.05, 0.1) is 42.5 Å². The van der Waals surface area contributed by atoms with Crippen molar-refractivity contribution in [3.8, 4) is 17.0 Å². The van der Waals surface area contributed by atoms with Crippen LogP contribution in [0, 0.1) is 0 Å². The zero-order chi connectivity index (χ0) is 22.3. The smallest absolute Gasteiger partial charge is 0.252 e. The lowest BCUT2D eigenvalue weighted by Crippen LogP contribution is -3.16. The van der Waals surface area contributed by atoms with Gasteiger partial charge in [0.1, 0.15) is 5.75 Å². The molecule has 0 saturated carbocycles. The first-order valence-corrected chi connectivity index (χ1v) is 11.9. The molecule has 5 heteroatoms. The first-order chi connectivity index (χ1) is 15.7. The number of carbonyl (C=O) groups is 1. The summed E-state index contributed by atoms with van der Waals surface area (Å²) in [4.78, 5) is 19.6. The lowest BCUT2D eigenvalue weighted by atomic mass is 10.0. The van der Waals surface area contributed by atoms with Crippen LogP contribution in [0.25, 0.3) is 22.2 Å². The van der Waals surface area contributed by atoms with Crippen molar-refractivity contribution in [2.24, 2.45) is 0 Å². The van der Waals surface area contributed by atoms with E-state index < -0.39 is 0 Å². The molecule has 5 nitrogen and oxygen atoms in total. The van der Waals surface area contributed by atoms with Gasteiger partial charge in [-0.1, -0.05) is 18.2 Å². The van der Waals surface area contributed by atoms with E-state index in [4.69, 9.17) is 9.72 Å². The molecule has 1 amide bonds. The van der Waals surface area contributed by atoms with Crippen LogP contribution in [0.15, 0.2) is 54.6 Å². The average molecular weight is 433 g/mol. The van der Waals surface area contributed by atoms with Gasteiger partial charge < -0.3 is 15.0 Å². The Balaban J connectivity index is 1.48. The molecule has 32 heavy (non-hydrogen) atoms. The minimum atomic E-state index is -0.0301. The van der Waals surface area contributed by atoms with Crippen LogP contribution in [0.4, 0.5) is 0 Å². The van der Waals surface area contributed by atoms with E-state index in [0.29, 0.717) is 18.7 Å². The van der Waals surface area contributed by atoms with Gasteiger partial charge in [-0.15, -0.1) is 0 Å². The maximum absolute atomic E-state index is 13.1. The molecule has 168 valence electrons. The van der Waals surface area contributed by atoms with Gasteiger partial charge in [-0.25, -0.2) is 4.98 Å². The number of ether oxygens (including phenoxy) is 1. The summed E-state index contributed by atoms with van der Waals surface area (Å²) in [5, 5.41) is 4.03. The normalized spacial score (nSPS) is 18.4. The van der Waals surface area contributed by atoms with Gasteiger partial charge in [0.2, 0.25) is 0 Å². The number of nitrogens with zero attached hydrogens (tertiary/aromatic N) is 1. The number of piperidine rings is 1. The Bertz CT molecular complexity index is 1050. The second-order valence-corrected chi connectivity index (χ2v) is 8.69. The third kappa shape index (κ3) is 5.28. The lowest BCUT2D eigenvalue weighted by molar-refractivity contribution is -0.928. The molecule has 3 aromatic rings. The average Bonchev–Trinajstić information content (AvgIpc) is 2.82. The van der Waals surface area contributed by atoms with Crippen LogP contribution >= 0.6 is 0 Å². The molecule has 4 rings (SSSR count). The maximum atomic E-state index is 13.1. The number of nitrogens with one attached hydrogen (secondary N) is 2. The fraction of sp³-hybridized carbons (Fsp3) is 0.407. The molecule has 1 fully saturated rings. The van der Waals surface area contributed by atoms with E-state index in [-0.39, 0.29) is 5.91 Å². The van der Waals surface area contributed by atoms with Gasteiger partial charge >= 0.3 is 0 Å². The van der Waals surface area contributed by atoms with Gasteiger partial charge in [0, 0.05) is 23.9 Å². The second kappa shape index (κ2) is 10.6. The number of carbonyl (C=O) groups excluding carboxylic acids is 1. The molecule has 1 aliphatic heterocycles. The minimum absolute atomic E-state index is 0.0301. The van der Waals surface area contributed by atoms with E-state index in [1.165, 1.54) is 25.8 Å². The molecule has 0 spiro atoms. The number of amides is 1. The highest BCUT2D eigenvalue weighted by Gasteiger charge is 2.21. The van der Waals surface area contributed by atoms with E-state index in [0.717, 1.165) is 46.9 Å². The number of benzene rings is 2. The van der Waals surface area contributed by atoms with Crippen LogP contribution in [0.3, 0.4) is 0 Å². The Kier molecular flexibility index (Phi) is 7.38. The SMILES string of the molecule is CCOc1ccc(-c2cc(C(=O)NCCC[NH+]3CCCCC3C)c3ccccc3n2)cc1. The standard InChI is InChI=1S/C27H33N3O2/c1-3-32-22-14-12-21(13-15-22)26-19-24(23-10-4-5-11-25(23)29-26)27(31)28-16-8-18-30-17-7-6-9-20(30)2/h4-5,10-15,19-20H,3,6-9,16-18H2,1-2H3,(H,28,31)/p+1. The van der Waals surface area contributed by atoms with Crippen molar-refractivity contribution in [3.63, 3.8) is 0 Å². The van der Waals surface area contributed by atoms with Crippen molar-refractivity contribution < 1.29 is 14.4 Å². The number of pyridine rings is 1. The van der Waals surface area contributed by atoms with E-state index in [1.54, 1.807) is 4.90 Å². The van der Waals surface area contributed by atoms with E-state index in [1.807, 2.05) is 61.5 Å². The Morgan fingerprint density at radius 3 is 2.75 bits per heavy atom. The fourth-order valence-electron chi connectivity index (χ4n) is 4.64. The van der Waals surface area contributed by atoms with Crippen LogP contribution < -0.4 is 15.0 Å². The first-order valence-electron chi connectivity index (χ1n) is 11.9. The number of quaternary nitrogens is 1. The van der Waals surface area contributed by atoms with Crippen LogP contribution in [0.5, 0.6) is 5.75 Å². The summed E-state index contributed by atoms with van der Waals surface area (Å²) in [5.74, 6) is 0.803. The van der Waals surface area contributed by atoms with Crippen molar-refractivity contribution in [2.45, 2.75) is 45.6 Å². The number of hydrogen-bond acceptors (Lipinski definition) is 3. The van der Waals surface area contributed by atoms with Gasteiger partial charge in [0.15, 0.2) is 0 Å². The minimum Gasteiger partial charge on any atom is -0.494 e. The van der Waals surface area contributed by atoms with Crippen molar-refractivity contribution in [1.29, 1.82) is 0 Å². The number of likely N-dealkylation sites (tertiary alicyclic amines) is 1. The molecule has 0 aliphatic carbocycles. The Morgan fingerprint density at radius 2 is 1.97 bits per heavy atom. The van der Waals surface area contributed by atoms with Crippen molar-refractivity contribution in [1.82, 2.24) is 10.3 Å². The van der Waals surface area contributed by atoms with E-state index in [2.05, 4.69) is 12.2 Å². The zero-order valence-corrected chi connectivity index (χ0v) is 19.2. The number of rotatable bonds is 8. The molecule has 1 aliphatic rings. The zero-order valence-electron chi connectivity index (χ0n) is 19.2. The number of hydrogen-bond donors (Lipinski definition) is 2. The molecule has 2 unspecified atom stereocenters. The highest BCUT2D eigenvalue weighted by atomic mass is 16.5. The van der Waals surface area contributed by atoms with Crippen LogP contribution in [-0.2, 0) is 0 Å². The molecule has 0 bridgehead atoms. The number of aromatic nitrogens is 1. The number of fused-ring (bicyclic) bond motifs is 1. The second-order valence-electron chi connectivity index (χ2n) is 8.69. The lowest BCUT2D eigenvalue weighted by Gasteiger charge is -2.30. The summed E-state index contributed by atoms with van der Waals surface area (Å²) in [6.45, 7) is 8.03. The van der Waals surface area contributed by atoms with Gasteiger partial charge in [-0.05, 0) is 69.5 Å². The van der Waals surface area contributed by atoms with Crippen LogP contribution in [0.2, 0.25) is 0 Å². The predicted molar refractivity (Wildman–Crippen MR) is 129 cm³/mol. The predicted octanol–water partition coefficient (Wildman–Crippen LogP) is 3.88. The Hall–Kier alpha value is -2.92. The largest absolute Gasteiger partial charge is 0.494 e. The van der Waals surface area contributed by atoms with Gasteiger partial charge in [-0.2, -0.15) is 0 Å². The third-order valence-corrected chi connectivity index (χ3v) is 6.46. The summed E-state index contributed by atoms with van der Waals surface area (Å²) in [5.41, 5.74) is 3.27. The van der Waals surface area contributed by atoms with E-state index >= 15 is 0 Å². The highest BCUT2D eigenvalue weighted by Crippen LogP contribution is 2.26.